The highest BCUT2D eigenvalue weighted by Gasteiger charge is 2.26. The topological polar surface area (TPSA) is 166 Å². The maximum Gasteiger partial charge on any atom is 0.326 e. The van der Waals surface area contributed by atoms with Crippen LogP contribution in [-0.2, 0) is 32.0 Å². The SMILES string of the molecule is CC(C)CC(N)C(=O)NC(Cc1ccccc1)C(=O)NCC(=O)NC(Cc1c[nH]c2ccccc12)C(=O)O. The maximum absolute atomic E-state index is 13.0. The minimum atomic E-state index is -1.19. The summed E-state index contributed by atoms with van der Waals surface area (Å²) in [6.07, 6.45) is 2.45. The number of aromatic nitrogens is 1. The Hall–Kier alpha value is -4.18. The van der Waals surface area contributed by atoms with Gasteiger partial charge in [-0.2, -0.15) is 0 Å². The molecular weight excluding hydrogens is 486 g/mol. The van der Waals surface area contributed by atoms with Gasteiger partial charge in [0.2, 0.25) is 17.7 Å². The Bertz CT molecular complexity index is 1260. The fourth-order valence-electron chi connectivity index (χ4n) is 4.21. The van der Waals surface area contributed by atoms with Crippen LogP contribution in [0, 0.1) is 5.92 Å². The summed E-state index contributed by atoms with van der Waals surface area (Å²) in [6, 6.07) is 13.7. The van der Waals surface area contributed by atoms with E-state index in [9.17, 15) is 24.3 Å². The van der Waals surface area contributed by atoms with Gasteiger partial charge in [-0.05, 0) is 29.5 Å². The molecule has 38 heavy (non-hydrogen) atoms. The van der Waals surface area contributed by atoms with Gasteiger partial charge in [-0.1, -0.05) is 62.4 Å². The van der Waals surface area contributed by atoms with Crippen molar-refractivity contribution >= 4 is 34.6 Å². The second-order valence-electron chi connectivity index (χ2n) is 9.73. The van der Waals surface area contributed by atoms with E-state index in [-0.39, 0.29) is 18.8 Å². The van der Waals surface area contributed by atoms with Crippen molar-refractivity contribution in [3.8, 4) is 0 Å². The molecule has 0 spiro atoms. The van der Waals surface area contributed by atoms with E-state index >= 15 is 0 Å². The van der Waals surface area contributed by atoms with Crippen molar-refractivity contribution in [3.05, 3.63) is 71.9 Å². The molecule has 3 amide bonds. The van der Waals surface area contributed by atoms with Gasteiger partial charge >= 0.3 is 5.97 Å². The number of carboxylic acids is 1. The predicted octanol–water partition coefficient (Wildman–Crippen LogP) is 1.50. The molecule has 0 saturated heterocycles. The summed E-state index contributed by atoms with van der Waals surface area (Å²) in [5.41, 5.74) is 8.42. The number of carbonyl (C=O) groups is 4. The van der Waals surface area contributed by atoms with Gasteiger partial charge in [-0.3, -0.25) is 14.4 Å². The third-order valence-corrected chi connectivity index (χ3v) is 6.13. The molecule has 0 radical (unpaired) electrons. The van der Waals surface area contributed by atoms with Crippen molar-refractivity contribution in [1.29, 1.82) is 0 Å². The number of carboxylic acid groups (broad SMARTS) is 1. The van der Waals surface area contributed by atoms with Gasteiger partial charge in [0.15, 0.2) is 0 Å². The number of benzene rings is 2. The zero-order valence-corrected chi connectivity index (χ0v) is 21.6. The fourth-order valence-corrected chi connectivity index (χ4v) is 4.21. The van der Waals surface area contributed by atoms with Gasteiger partial charge < -0.3 is 31.8 Å². The van der Waals surface area contributed by atoms with Crippen LogP contribution in [0.15, 0.2) is 60.8 Å². The molecule has 3 atom stereocenters. The normalized spacial score (nSPS) is 13.5. The van der Waals surface area contributed by atoms with E-state index < -0.39 is 48.4 Å². The molecule has 1 aromatic heterocycles. The highest BCUT2D eigenvalue weighted by Crippen LogP contribution is 2.19. The van der Waals surface area contributed by atoms with Crippen molar-refractivity contribution in [2.75, 3.05) is 6.54 Å². The van der Waals surface area contributed by atoms with E-state index in [1.807, 2.05) is 68.4 Å². The number of fused-ring (bicyclic) bond motifs is 1. The van der Waals surface area contributed by atoms with E-state index in [1.54, 1.807) is 6.20 Å². The summed E-state index contributed by atoms with van der Waals surface area (Å²) in [5, 5.41) is 18.2. The lowest BCUT2D eigenvalue weighted by Crippen LogP contribution is -2.54. The third-order valence-electron chi connectivity index (χ3n) is 6.13. The smallest absolute Gasteiger partial charge is 0.326 e. The molecule has 202 valence electrons. The summed E-state index contributed by atoms with van der Waals surface area (Å²) in [6.45, 7) is 3.45. The van der Waals surface area contributed by atoms with Gasteiger partial charge in [0.1, 0.15) is 12.1 Å². The molecule has 3 rings (SSSR count). The number of amides is 3. The first-order valence-electron chi connectivity index (χ1n) is 12.6. The first-order valence-corrected chi connectivity index (χ1v) is 12.6. The van der Waals surface area contributed by atoms with Crippen molar-refractivity contribution in [2.24, 2.45) is 11.7 Å². The van der Waals surface area contributed by atoms with E-state index in [1.165, 1.54) is 0 Å². The Morgan fingerprint density at radius 2 is 1.58 bits per heavy atom. The van der Waals surface area contributed by atoms with Crippen LogP contribution in [0.25, 0.3) is 10.9 Å². The van der Waals surface area contributed by atoms with E-state index in [0.717, 1.165) is 22.0 Å². The second kappa shape index (κ2) is 13.4. The second-order valence-corrected chi connectivity index (χ2v) is 9.73. The van der Waals surface area contributed by atoms with E-state index in [2.05, 4.69) is 20.9 Å². The molecule has 0 bridgehead atoms. The van der Waals surface area contributed by atoms with Crippen LogP contribution >= 0.6 is 0 Å². The Labute approximate surface area is 221 Å². The molecule has 2 aromatic carbocycles. The highest BCUT2D eigenvalue weighted by atomic mass is 16.4. The third kappa shape index (κ3) is 8.17. The summed E-state index contributed by atoms with van der Waals surface area (Å²) >= 11 is 0. The summed E-state index contributed by atoms with van der Waals surface area (Å²) < 4.78 is 0. The molecule has 1 heterocycles. The molecule has 0 saturated carbocycles. The number of nitrogens with two attached hydrogens (primary N) is 1. The number of aromatic amines is 1. The Morgan fingerprint density at radius 1 is 0.895 bits per heavy atom. The molecule has 0 aliphatic rings. The van der Waals surface area contributed by atoms with Crippen LogP contribution < -0.4 is 21.7 Å². The van der Waals surface area contributed by atoms with Gasteiger partial charge in [0.25, 0.3) is 0 Å². The molecule has 3 unspecified atom stereocenters. The molecule has 0 aliphatic heterocycles. The number of hydrogen-bond donors (Lipinski definition) is 6. The summed E-state index contributed by atoms with van der Waals surface area (Å²) in [4.78, 5) is 53.1. The number of aliphatic carboxylic acids is 1. The molecule has 0 aliphatic carbocycles. The lowest BCUT2D eigenvalue weighted by Gasteiger charge is -2.22. The number of nitrogens with one attached hydrogen (secondary N) is 4. The van der Waals surface area contributed by atoms with Crippen LogP contribution in [0.4, 0.5) is 0 Å². The molecule has 0 fully saturated rings. The van der Waals surface area contributed by atoms with Gasteiger partial charge in [-0.25, -0.2) is 4.79 Å². The summed E-state index contributed by atoms with van der Waals surface area (Å²) in [5.74, 6) is -2.68. The number of H-pyrrole nitrogens is 1. The molecular formula is C28H35N5O5. The molecule has 10 nitrogen and oxygen atoms in total. The lowest BCUT2D eigenvalue weighted by atomic mass is 10.0. The van der Waals surface area contributed by atoms with Crippen molar-refractivity contribution in [2.45, 2.75) is 51.2 Å². The minimum absolute atomic E-state index is 0.0689. The average molecular weight is 522 g/mol. The highest BCUT2D eigenvalue weighted by molar-refractivity contribution is 5.93. The van der Waals surface area contributed by atoms with Crippen molar-refractivity contribution < 1.29 is 24.3 Å². The molecule has 7 N–H and O–H groups in total. The largest absolute Gasteiger partial charge is 0.480 e. The Morgan fingerprint density at radius 3 is 2.26 bits per heavy atom. The van der Waals surface area contributed by atoms with E-state index in [4.69, 9.17) is 5.73 Å². The number of carbonyl (C=O) groups excluding carboxylic acids is 3. The number of para-hydroxylation sites is 1. The van der Waals surface area contributed by atoms with Crippen LogP contribution in [-0.4, -0.2) is 58.5 Å². The fraction of sp³-hybridized carbons (Fsp3) is 0.357. The Kier molecular flexibility index (Phi) is 10.0. The molecule has 3 aromatic rings. The first kappa shape index (κ1) is 28.4. The maximum atomic E-state index is 13.0. The van der Waals surface area contributed by atoms with Gasteiger partial charge in [-0.15, -0.1) is 0 Å². The van der Waals surface area contributed by atoms with Crippen molar-refractivity contribution in [3.63, 3.8) is 0 Å². The van der Waals surface area contributed by atoms with Crippen LogP contribution in [0.1, 0.15) is 31.4 Å². The monoisotopic (exact) mass is 521 g/mol. The summed E-state index contributed by atoms with van der Waals surface area (Å²) in [7, 11) is 0. The lowest BCUT2D eigenvalue weighted by molar-refractivity contribution is -0.141. The van der Waals surface area contributed by atoms with Gasteiger partial charge in [0, 0.05) is 29.9 Å². The van der Waals surface area contributed by atoms with Crippen LogP contribution in [0.5, 0.6) is 0 Å². The quantitative estimate of drug-likeness (QED) is 0.199. The Balaban J connectivity index is 1.62. The van der Waals surface area contributed by atoms with Gasteiger partial charge in [0.05, 0.1) is 12.6 Å². The number of rotatable bonds is 13. The van der Waals surface area contributed by atoms with Crippen molar-refractivity contribution in [1.82, 2.24) is 20.9 Å². The minimum Gasteiger partial charge on any atom is -0.480 e. The zero-order valence-electron chi connectivity index (χ0n) is 21.6. The van der Waals surface area contributed by atoms with Crippen LogP contribution in [0.3, 0.4) is 0 Å². The van der Waals surface area contributed by atoms with E-state index in [0.29, 0.717) is 6.42 Å². The predicted molar refractivity (Wildman–Crippen MR) is 144 cm³/mol. The standard InChI is InChI=1S/C28H35N5O5/c1-17(2)12-21(29)26(35)33-23(13-18-8-4-3-5-9-18)27(36)31-16-25(34)32-24(28(37)38)14-19-15-30-22-11-7-6-10-20(19)22/h3-11,15,17,21,23-24,30H,12-14,16,29H2,1-2H3,(H,31,36)(H,32,34)(H,33,35)(H,37,38). The first-order chi connectivity index (χ1) is 18.1. The average Bonchev–Trinajstić information content (AvgIpc) is 3.29. The zero-order chi connectivity index (χ0) is 27.7. The number of hydrogen-bond acceptors (Lipinski definition) is 5. The van der Waals surface area contributed by atoms with Crippen LogP contribution in [0.2, 0.25) is 0 Å². The molecule has 10 heteroatoms.